The standard InChI is InChI=1S/C17H23F3O2Si/c1-4-23(5-2,6-3)22-13-8-7-12-21-16-11-9-10-15(14-16)17(18,19)20/h9-11,14H,4-7,12H2,1-3H3. The molecule has 0 aliphatic heterocycles. The van der Waals surface area contributed by atoms with Crippen LogP contribution in [0.25, 0.3) is 0 Å². The number of rotatable bonds is 7. The normalized spacial score (nSPS) is 11.6. The van der Waals surface area contributed by atoms with Crippen LogP contribution < -0.4 is 4.74 Å². The zero-order valence-corrected chi connectivity index (χ0v) is 14.8. The molecule has 0 radical (unpaired) electrons. The van der Waals surface area contributed by atoms with Gasteiger partial charge in [-0.25, -0.2) is 0 Å². The molecule has 0 aromatic heterocycles. The average Bonchev–Trinajstić information content (AvgIpc) is 2.54. The first-order valence-electron chi connectivity index (χ1n) is 7.82. The Morgan fingerprint density at radius 1 is 1.09 bits per heavy atom. The molecule has 0 bridgehead atoms. The van der Waals surface area contributed by atoms with Crippen LogP contribution in [-0.4, -0.2) is 14.9 Å². The molecule has 0 saturated heterocycles. The van der Waals surface area contributed by atoms with Gasteiger partial charge in [-0.15, -0.1) is 0 Å². The second-order valence-corrected chi connectivity index (χ2v) is 9.94. The second-order valence-electron chi connectivity index (χ2n) is 5.25. The first kappa shape index (κ1) is 19.4. The molecule has 0 aliphatic rings. The molecule has 0 amide bonds. The highest BCUT2D eigenvalue weighted by molar-refractivity contribution is 6.73. The van der Waals surface area contributed by atoms with Crippen LogP contribution in [-0.2, 0) is 10.6 Å². The van der Waals surface area contributed by atoms with E-state index in [0.29, 0.717) is 6.42 Å². The summed E-state index contributed by atoms with van der Waals surface area (Å²) < 4.78 is 48.8. The molecule has 1 aromatic rings. The lowest BCUT2D eigenvalue weighted by atomic mass is 10.2. The van der Waals surface area contributed by atoms with Crippen molar-refractivity contribution in [2.75, 3.05) is 6.61 Å². The van der Waals surface area contributed by atoms with E-state index in [4.69, 9.17) is 9.16 Å². The van der Waals surface area contributed by atoms with Gasteiger partial charge in [-0.2, -0.15) is 13.2 Å². The summed E-state index contributed by atoms with van der Waals surface area (Å²) in [5.41, 5.74) is -0.714. The van der Waals surface area contributed by atoms with Crippen LogP contribution in [0.5, 0.6) is 5.75 Å². The highest BCUT2D eigenvalue weighted by Gasteiger charge is 2.31. The lowest BCUT2D eigenvalue weighted by Gasteiger charge is -2.24. The maximum atomic E-state index is 12.6. The largest absolute Gasteiger partial charge is 0.500 e. The van der Waals surface area contributed by atoms with Gasteiger partial charge in [-0.1, -0.05) is 32.8 Å². The predicted octanol–water partition coefficient (Wildman–Crippen LogP) is 5.46. The Kier molecular flexibility index (Phi) is 7.50. The fourth-order valence-electron chi connectivity index (χ4n) is 2.14. The quantitative estimate of drug-likeness (QED) is 0.372. The first-order valence-corrected chi connectivity index (χ1v) is 10.4. The summed E-state index contributed by atoms with van der Waals surface area (Å²) >= 11 is 0. The van der Waals surface area contributed by atoms with Gasteiger partial charge in [0.2, 0.25) is 0 Å². The minimum atomic E-state index is -4.36. The van der Waals surface area contributed by atoms with Crippen molar-refractivity contribution in [1.82, 2.24) is 0 Å². The van der Waals surface area contributed by atoms with Crippen LogP contribution in [0.2, 0.25) is 18.1 Å². The molecular weight excluding hydrogens is 321 g/mol. The number of alkyl halides is 3. The average molecular weight is 344 g/mol. The van der Waals surface area contributed by atoms with Crippen molar-refractivity contribution in [3.63, 3.8) is 0 Å². The molecule has 6 heteroatoms. The van der Waals surface area contributed by atoms with Gasteiger partial charge in [0.15, 0.2) is 0 Å². The Hall–Kier alpha value is -1.61. The van der Waals surface area contributed by atoms with Crippen LogP contribution in [0.3, 0.4) is 0 Å². The minimum absolute atomic E-state index is 0.196. The summed E-state index contributed by atoms with van der Waals surface area (Å²) in [5.74, 6) is 3.07. The number of hydrogen-bond acceptors (Lipinski definition) is 2. The van der Waals surface area contributed by atoms with Gasteiger partial charge >= 0.3 is 6.18 Å². The van der Waals surface area contributed by atoms with Gasteiger partial charge in [-0.05, 0) is 36.3 Å². The van der Waals surface area contributed by atoms with Crippen molar-refractivity contribution in [3.8, 4) is 17.8 Å². The summed E-state index contributed by atoms with van der Waals surface area (Å²) in [7, 11) is -1.71. The molecule has 0 saturated carbocycles. The van der Waals surface area contributed by atoms with E-state index < -0.39 is 20.1 Å². The summed E-state index contributed by atoms with van der Waals surface area (Å²) in [6, 6.07) is 7.91. The molecule has 128 valence electrons. The van der Waals surface area contributed by atoms with Crippen LogP contribution >= 0.6 is 0 Å². The Bertz CT molecular complexity index is 534. The van der Waals surface area contributed by atoms with Crippen LogP contribution in [0.15, 0.2) is 24.3 Å². The summed E-state index contributed by atoms with van der Waals surface area (Å²) in [6.45, 7) is 6.60. The topological polar surface area (TPSA) is 18.5 Å². The van der Waals surface area contributed by atoms with E-state index in [1.807, 2.05) is 0 Å². The highest BCUT2D eigenvalue weighted by Crippen LogP contribution is 2.31. The highest BCUT2D eigenvalue weighted by atomic mass is 28.4. The van der Waals surface area contributed by atoms with Crippen molar-refractivity contribution in [3.05, 3.63) is 29.8 Å². The molecule has 2 nitrogen and oxygen atoms in total. The lowest BCUT2D eigenvalue weighted by Crippen LogP contribution is -2.33. The molecule has 0 atom stereocenters. The maximum absolute atomic E-state index is 12.6. The van der Waals surface area contributed by atoms with E-state index in [1.54, 1.807) is 0 Å². The number of ether oxygens (including phenoxy) is 1. The number of hydrogen-bond donors (Lipinski definition) is 0. The smallest absolute Gasteiger partial charge is 0.416 e. The van der Waals surface area contributed by atoms with Gasteiger partial charge in [-0.3, -0.25) is 0 Å². The molecule has 0 unspecified atom stereocenters. The Morgan fingerprint density at radius 2 is 1.74 bits per heavy atom. The Morgan fingerprint density at radius 3 is 2.30 bits per heavy atom. The van der Waals surface area contributed by atoms with Gasteiger partial charge in [0.25, 0.3) is 8.32 Å². The van der Waals surface area contributed by atoms with E-state index in [-0.39, 0.29) is 12.4 Å². The van der Waals surface area contributed by atoms with Crippen LogP contribution in [0, 0.1) is 12.0 Å². The third-order valence-corrected chi connectivity index (χ3v) is 8.33. The summed E-state index contributed by atoms with van der Waals surface area (Å²) in [5, 5.41) is 0. The van der Waals surface area contributed by atoms with E-state index in [9.17, 15) is 13.2 Å². The monoisotopic (exact) mass is 344 g/mol. The number of benzene rings is 1. The van der Waals surface area contributed by atoms with E-state index in [0.717, 1.165) is 30.3 Å². The summed E-state index contributed by atoms with van der Waals surface area (Å²) in [6.07, 6.45) is -1.19. The van der Waals surface area contributed by atoms with Gasteiger partial charge in [0.1, 0.15) is 5.75 Å². The lowest BCUT2D eigenvalue weighted by molar-refractivity contribution is -0.137. The molecule has 0 fully saturated rings. The Labute approximate surface area is 137 Å². The fraction of sp³-hybridized carbons (Fsp3) is 0.529. The van der Waals surface area contributed by atoms with Gasteiger partial charge < -0.3 is 9.16 Å². The molecule has 1 rings (SSSR count). The van der Waals surface area contributed by atoms with E-state index in [1.165, 1.54) is 12.1 Å². The molecule has 0 spiro atoms. The fourth-order valence-corrected chi connectivity index (χ4v) is 4.37. The Balaban J connectivity index is 2.46. The minimum Gasteiger partial charge on any atom is -0.500 e. The van der Waals surface area contributed by atoms with E-state index in [2.05, 4.69) is 32.8 Å². The maximum Gasteiger partial charge on any atom is 0.416 e. The third-order valence-electron chi connectivity index (χ3n) is 3.93. The molecule has 23 heavy (non-hydrogen) atoms. The molecule has 1 aromatic carbocycles. The second kappa shape index (κ2) is 8.87. The van der Waals surface area contributed by atoms with Crippen molar-refractivity contribution in [1.29, 1.82) is 0 Å². The van der Waals surface area contributed by atoms with Crippen molar-refractivity contribution in [2.24, 2.45) is 0 Å². The molecule has 0 aliphatic carbocycles. The van der Waals surface area contributed by atoms with E-state index >= 15 is 0 Å². The molecule has 0 heterocycles. The number of halogens is 3. The molecule has 0 N–H and O–H groups in total. The summed E-state index contributed by atoms with van der Waals surface area (Å²) in [4.78, 5) is 0. The van der Waals surface area contributed by atoms with Crippen LogP contribution in [0.1, 0.15) is 32.8 Å². The van der Waals surface area contributed by atoms with Crippen molar-refractivity contribution in [2.45, 2.75) is 51.5 Å². The SMILES string of the molecule is CC[Si](CC)(CC)OC#CCCOc1cccc(C(F)(F)F)c1. The van der Waals surface area contributed by atoms with Crippen molar-refractivity contribution < 1.29 is 22.3 Å². The zero-order chi connectivity index (χ0) is 17.3. The predicted molar refractivity (Wildman–Crippen MR) is 87.6 cm³/mol. The van der Waals surface area contributed by atoms with Crippen LogP contribution in [0.4, 0.5) is 13.2 Å². The van der Waals surface area contributed by atoms with Gasteiger partial charge in [0.05, 0.1) is 18.3 Å². The molecular formula is C17H23F3O2Si. The third kappa shape index (κ3) is 6.18. The zero-order valence-electron chi connectivity index (χ0n) is 13.8. The van der Waals surface area contributed by atoms with Gasteiger partial charge in [0, 0.05) is 6.42 Å². The first-order chi connectivity index (χ1) is 10.9. The van der Waals surface area contributed by atoms with Crippen molar-refractivity contribution >= 4 is 8.32 Å².